The standard InChI is InChI=1S/C14H18F3NO/c1-2-10-19-13(14(15,16)17,11-6-5-7-11)12-8-3-4-9-18-12/h3-4,8-9,11H,2,5-7,10H2,1H3. The van der Waals surface area contributed by atoms with E-state index in [0.29, 0.717) is 19.3 Å². The van der Waals surface area contributed by atoms with Crippen LogP contribution < -0.4 is 0 Å². The Balaban J connectivity index is 2.45. The summed E-state index contributed by atoms with van der Waals surface area (Å²) in [6, 6.07) is 4.61. The molecule has 19 heavy (non-hydrogen) atoms. The maximum absolute atomic E-state index is 13.7. The second-order valence-electron chi connectivity index (χ2n) is 4.92. The van der Waals surface area contributed by atoms with E-state index in [4.69, 9.17) is 4.74 Å². The highest BCUT2D eigenvalue weighted by Crippen LogP contribution is 2.53. The second-order valence-corrected chi connectivity index (χ2v) is 4.92. The minimum atomic E-state index is -4.44. The summed E-state index contributed by atoms with van der Waals surface area (Å²) < 4.78 is 46.4. The average Bonchev–Trinajstić information content (AvgIpc) is 2.31. The third-order valence-electron chi connectivity index (χ3n) is 3.68. The van der Waals surface area contributed by atoms with Gasteiger partial charge in [-0.05, 0) is 31.4 Å². The lowest BCUT2D eigenvalue weighted by Crippen LogP contribution is -2.53. The topological polar surface area (TPSA) is 22.1 Å². The van der Waals surface area contributed by atoms with Crippen molar-refractivity contribution in [3.63, 3.8) is 0 Å². The Morgan fingerprint density at radius 3 is 2.47 bits per heavy atom. The molecule has 1 saturated carbocycles. The lowest BCUT2D eigenvalue weighted by Gasteiger charge is -2.45. The van der Waals surface area contributed by atoms with Crippen LogP contribution in [0.15, 0.2) is 24.4 Å². The van der Waals surface area contributed by atoms with Crippen LogP contribution in [-0.2, 0) is 10.3 Å². The van der Waals surface area contributed by atoms with Crippen LogP contribution in [0.5, 0.6) is 0 Å². The van der Waals surface area contributed by atoms with Crippen LogP contribution in [0.25, 0.3) is 0 Å². The third kappa shape index (κ3) is 2.48. The van der Waals surface area contributed by atoms with E-state index >= 15 is 0 Å². The number of nitrogens with zero attached hydrogens (tertiary/aromatic N) is 1. The van der Waals surface area contributed by atoms with Crippen LogP contribution >= 0.6 is 0 Å². The van der Waals surface area contributed by atoms with Gasteiger partial charge in [-0.25, -0.2) is 0 Å². The predicted octanol–water partition coefficient (Wildman–Crippen LogP) is 4.07. The number of hydrogen-bond acceptors (Lipinski definition) is 2. The first-order valence-corrected chi connectivity index (χ1v) is 6.64. The fourth-order valence-electron chi connectivity index (χ4n) is 2.52. The zero-order chi connectivity index (χ0) is 13.9. The molecule has 2 rings (SSSR count). The molecule has 1 aromatic heterocycles. The molecule has 1 heterocycles. The highest BCUT2D eigenvalue weighted by atomic mass is 19.4. The molecule has 0 aromatic carbocycles. The number of hydrogen-bond donors (Lipinski definition) is 0. The van der Waals surface area contributed by atoms with Crippen molar-refractivity contribution in [1.29, 1.82) is 0 Å². The maximum atomic E-state index is 13.7. The Labute approximate surface area is 111 Å². The van der Waals surface area contributed by atoms with Crippen molar-refractivity contribution in [3.8, 4) is 0 Å². The van der Waals surface area contributed by atoms with E-state index in [1.165, 1.54) is 12.3 Å². The molecule has 2 nitrogen and oxygen atoms in total. The molecule has 1 fully saturated rings. The Kier molecular flexibility index (Phi) is 4.13. The van der Waals surface area contributed by atoms with Crippen LogP contribution in [0.4, 0.5) is 13.2 Å². The Morgan fingerprint density at radius 2 is 2.05 bits per heavy atom. The third-order valence-corrected chi connectivity index (χ3v) is 3.68. The number of ether oxygens (including phenoxy) is 1. The monoisotopic (exact) mass is 273 g/mol. The van der Waals surface area contributed by atoms with Crippen molar-refractivity contribution in [3.05, 3.63) is 30.1 Å². The maximum Gasteiger partial charge on any atom is 0.423 e. The zero-order valence-electron chi connectivity index (χ0n) is 10.9. The van der Waals surface area contributed by atoms with Crippen LogP contribution in [0.3, 0.4) is 0 Å². The summed E-state index contributed by atoms with van der Waals surface area (Å²) in [5, 5.41) is 0. The molecule has 1 aliphatic rings. The molecule has 0 saturated heterocycles. The zero-order valence-corrected chi connectivity index (χ0v) is 10.9. The second kappa shape index (κ2) is 5.49. The van der Waals surface area contributed by atoms with E-state index in [1.54, 1.807) is 19.1 Å². The van der Waals surface area contributed by atoms with Gasteiger partial charge in [-0.15, -0.1) is 0 Å². The SMILES string of the molecule is CCCOC(c1ccccn1)(C1CCC1)C(F)(F)F. The quantitative estimate of drug-likeness (QED) is 0.807. The van der Waals surface area contributed by atoms with Gasteiger partial charge in [-0.2, -0.15) is 13.2 Å². The number of pyridine rings is 1. The molecule has 106 valence electrons. The first kappa shape index (κ1) is 14.3. The highest BCUT2D eigenvalue weighted by Gasteiger charge is 2.63. The number of halogens is 3. The van der Waals surface area contributed by atoms with Gasteiger partial charge >= 0.3 is 6.18 Å². The molecule has 0 bridgehead atoms. The normalized spacial score (nSPS) is 19.8. The first-order chi connectivity index (χ1) is 9.02. The van der Waals surface area contributed by atoms with Crippen LogP contribution in [-0.4, -0.2) is 17.8 Å². The van der Waals surface area contributed by atoms with Gasteiger partial charge in [0.25, 0.3) is 0 Å². The van der Waals surface area contributed by atoms with Gasteiger partial charge in [0.15, 0.2) is 0 Å². The van der Waals surface area contributed by atoms with Gasteiger partial charge in [0, 0.05) is 18.7 Å². The molecule has 0 amide bonds. The van der Waals surface area contributed by atoms with Crippen molar-refractivity contribution in [1.82, 2.24) is 4.98 Å². The summed E-state index contributed by atoms with van der Waals surface area (Å²) >= 11 is 0. The van der Waals surface area contributed by atoms with Gasteiger partial charge in [0.1, 0.15) is 0 Å². The summed E-state index contributed by atoms with van der Waals surface area (Å²) in [5.74, 6) is -0.519. The first-order valence-electron chi connectivity index (χ1n) is 6.64. The van der Waals surface area contributed by atoms with Gasteiger partial charge in [-0.3, -0.25) is 4.98 Å². The molecule has 1 atom stereocenters. The molecular formula is C14H18F3NO. The number of aromatic nitrogens is 1. The molecule has 1 aliphatic carbocycles. The van der Waals surface area contributed by atoms with Crippen molar-refractivity contribution in [2.45, 2.75) is 44.4 Å². The number of alkyl halides is 3. The average molecular weight is 273 g/mol. The van der Waals surface area contributed by atoms with Crippen molar-refractivity contribution >= 4 is 0 Å². The van der Waals surface area contributed by atoms with E-state index in [9.17, 15) is 13.2 Å². The molecular weight excluding hydrogens is 255 g/mol. The van der Waals surface area contributed by atoms with Crippen LogP contribution in [0.2, 0.25) is 0 Å². The van der Waals surface area contributed by atoms with E-state index in [0.717, 1.165) is 6.42 Å². The molecule has 0 aliphatic heterocycles. The van der Waals surface area contributed by atoms with Gasteiger partial charge in [-0.1, -0.05) is 19.4 Å². The molecule has 0 N–H and O–H groups in total. The minimum absolute atomic E-state index is 0.0133. The Hall–Kier alpha value is -1.10. The molecule has 5 heteroatoms. The smallest absolute Gasteiger partial charge is 0.359 e. The molecule has 0 spiro atoms. The Bertz CT molecular complexity index is 403. The highest BCUT2D eigenvalue weighted by molar-refractivity contribution is 5.19. The van der Waals surface area contributed by atoms with Gasteiger partial charge in [0.2, 0.25) is 5.60 Å². The van der Waals surface area contributed by atoms with Crippen LogP contribution in [0, 0.1) is 5.92 Å². The van der Waals surface area contributed by atoms with E-state index in [2.05, 4.69) is 4.98 Å². The summed E-state index contributed by atoms with van der Waals surface area (Å²) in [5.41, 5.74) is -2.25. The molecule has 1 aromatic rings. The lowest BCUT2D eigenvalue weighted by molar-refractivity contribution is -0.315. The Morgan fingerprint density at radius 1 is 1.32 bits per heavy atom. The van der Waals surface area contributed by atoms with Crippen molar-refractivity contribution in [2.75, 3.05) is 6.61 Å². The van der Waals surface area contributed by atoms with Crippen molar-refractivity contribution in [2.24, 2.45) is 5.92 Å². The minimum Gasteiger partial charge on any atom is -0.359 e. The number of rotatable bonds is 5. The fraction of sp³-hybridized carbons (Fsp3) is 0.643. The van der Waals surface area contributed by atoms with E-state index < -0.39 is 17.7 Å². The summed E-state index contributed by atoms with van der Waals surface area (Å²) in [6.07, 6.45) is -0.590. The molecule has 1 unspecified atom stereocenters. The van der Waals surface area contributed by atoms with E-state index in [1.807, 2.05) is 0 Å². The van der Waals surface area contributed by atoms with Crippen LogP contribution in [0.1, 0.15) is 38.3 Å². The van der Waals surface area contributed by atoms with Gasteiger partial charge < -0.3 is 4.74 Å². The molecule has 0 radical (unpaired) electrons. The summed E-state index contributed by atoms with van der Waals surface area (Å²) in [6.45, 7) is 1.90. The summed E-state index contributed by atoms with van der Waals surface area (Å²) in [4.78, 5) is 3.93. The fourth-order valence-corrected chi connectivity index (χ4v) is 2.52. The van der Waals surface area contributed by atoms with Gasteiger partial charge in [0.05, 0.1) is 5.69 Å². The summed E-state index contributed by atoms with van der Waals surface area (Å²) in [7, 11) is 0. The van der Waals surface area contributed by atoms with E-state index in [-0.39, 0.29) is 12.3 Å². The largest absolute Gasteiger partial charge is 0.423 e. The van der Waals surface area contributed by atoms with Crippen molar-refractivity contribution < 1.29 is 17.9 Å². The predicted molar refractivity (Wildman–Crippen MR) is 65.6 cm³/mol. The lowest BCUT2D eigenvalue weighted by atomic mass is 9.70.